The molecule has 6 heteroatoms. The van der Waals surface area contributed by atoms with Gasteiger partial charge in [-0.15, -0.1) is 0 Å². The van der Waals surface area contributed by atoms with Crippen LogP contribution < -0.4 is 5.32 Å². The van der Waals surface area contributed by atoms with Crippen molar-refractivity contribution in [3.05, 3.63) is 119 Å². The van der Waals surface area contributed by atoms with E-state index in [1.165, 1.54) is 5.56 Å². The zero-order valence-corrected chi connectivity index (χ0v) is 20.5. The molecule has 0 spiro atoms. The van der Waals surface area contributed by atoms with Gasteiger partial charge in [-0.1, -0.05) is 66.2 Å². The number of rotatable bonds is 7. The Balaban J connectivity index is 1.39. The van der Waals surface area contributed by atoms with E-state index in [-0.39, 0.29) is 24.3 Å². The molecule has 0 radical (unpaired) electrons. The largest absolute Gasteiger partial charge is 0.467 e. The second-order valence-electron chi connectivity index (χ2n) is 9.42. The Bertz CT molecular complexity index is 1580. The second kappa shape index (κ2) is 9.47. The molecule has 0 saturated heterocycles. The number of fused-ring (bicyclic) bond motifs is 2. The van der Waals surface area contributed by atoms with Crippen LogP contribution in [0, 0.1) is 6.92 Å². The number of carbonyl (C=O) groups excluding carboxylic acids is 2. The third-order valence-electron chi connectivity index (χ3n) is 7.04. The lowest BCUT2D eigenvalue weighted by Gasteiger charge is -2.26. The molecule has 37 heavy (non-hydrogen) atoms. The quantitative estimate of drug-likeness (QED) is 0.295. The Labute approximate surface area is 214 Å². The third kappa shape index (κ3) is 4.20. The average Bonchev–Trinajstić information content (AvgIpc) is 3.64. The smallest absolute Gasteiger partial charge is 0.255 e. The molecule has 6 rings (SSSR count). The molecule has 184 valence electrons. The molecule has 2 N–H and O–H groups in total. The first-order chi connectivity index (χ1) is 18.1. The normalized spacial score (nSPS) is 14.8. The van der Waals surface area contributed by atoms with Gasteiger partial charge in [0, 0.05) is 35.0 Å². The van der Waals surface area contributed by atoms with Gasteiger partial charge in [0.1, 0.15) is 5.76 Å². The molecule has 1 unspecified atom stereocenters. The monoisotopic (exact) mass is 489 g/mol. The van der Waals surface area contributed by atoms with Crippen molar-refractivity contribution in [2.24, 2.45) is 0 Å². The van der Waals surface area contributed by atoms with Gasteiger partial charge in [0.25, 0.3) is 5.91 Å². The number of amides is 2. The Morgan fingerprint density at radius 2 is 1.76 bits per heavy atom. The summed E-state index contributed by atoms with van der Waals surface area (Å²) in [7, 11) is 0. The number of aromatic amines is 1. The molecule has 0 fully saturated rings. The van der Waals surface area contributed by atoms with Gasteiger partial charge in [-0.05, 0) is 42.3 Å². The van der Waals surface area contributed by atoms with Crippen LogP contribution >= 0.6 is 0 Å². The second-order valence-corrected chi connectivity index (χ2v) is 9.42. The molecule has 0 bridgehead atoms. The molecule has 6 nitrogen and oxygen atoms in total. The van der Waals surface area contributed by atoms with Crippen molar-refractivity contribution in [2.75, 3.05) is 6.54 Å². The van der Waals surface area contributed by atoms with E-state index in [1.807, 2.05) is 47.4 Å². The molecule has 0 saturated carbocycles. The Kier molecular flexibility index (Phi) is 5.85. The average molecular weight is 490 g/mol. The molecule has 1 atom stereocenters. The first-order valence-electron chi connectivity index (χ1n) is 12.5. The van der Waals surface area contributed by atoms with Gasteiger partial charge < -0.3 is 19.6 Å². The predicted octanol–water partition coefficient (Wildman–Crippen LogP) is 5.99. The van der Waals surface area contributed by atoms with Gasteiger partial charge >= 0.3 is 0 Å². The summed E-state index contributed by atoms with van der Waals surface area (Å²) < 4.78 is 5.31. The number of nitrogens with zero attached hydrogens (tertiary/aromatic N) is 1. The Morgan fingerprint density at radius 1 is 0.973 bits per heavy atom. The first-order valence-corrected chi connectivity index (χ1v) is 12.5. The summed E-state index contributed by atoms with van der Waals surface area (Å²) in [5.41, 5.74) is 6.94. The van der Waals surface area contributed by atoms with E-state index in [1.54, 1.807) is 12.3 Å². The molecule has 1 aliphatic heterocycles. The molecular formula is C31H27N3O3. The molecule has 3 aromatic carbocycles. The van der Waals surface area contributed by atoms with E-state index >= 15 is 0 Å². The fourth-order valence-corrected chi connectivity index (χ4v) is 5.22. The van der Waals surface area contributed by atoms with Gasteiger partial charge in [0.2, 0.25) is 5.91 Å². The van der Waals surface area contributed by atoms with Gasteiger partial charge in [0.05, 0.1) is 24.5 Å². The number of nitrogens with one attached hydrogen (secondary N) is 2. The highest BCUT2D eigenvalue weighted by Gasteiger charge is 2.40. The number of aromatic nitrogens is 1. The maximum atomic E-state index is 13.7. The summed E-state index contributed by atoms with van der Waals surface area (Å²) in [6.45, 7) is 2.69. The zero-order valence-electron chi connectivity index (χ0n) is 20.5. The Morgan fingerprint density at radius 3 is 2.57 bits per heavy atom. The van der Waals surface area contributed by atoms with Crippen molar-refractivity contribution in [3.63, 3.8) is 0 Å². The molecule has 3 heterocycles. The lowest BCUT2D eigenvalue weighted by molar-refractivity contribution is -0.121. The lowest BCUT2D eigenvalue weighted by atomic mass is 9.93. The molecule has 0 aliphatic carbocycles. The van der Waals surface area contributed by atoms with Gasteiger partial charge in [-0.2, -0.15) is 0 Å². The topological polar surface area (TPSA) is 78.3 Å². The highest BCUT2D eigenvalue weighted by atomic mass is 16.3. The number of para-hydroxylation sites is 1. The highest BCUT2D eigenvalue weighted by Crippen LogP contribution is 2.45. The SMILES string of the molecule is Cc1ccc(-c2[nH]c3ccccc3c2C2c3ccccc3C(=O)N2CCC(=O)NCc2ccco2)cc1. The summed E-state index contributed by atoms with van der Waals surface area (Å²) in [5.74, 6) is 0.508. The molecular weight excluding hydrogens is 462 g/mol. The van der Waals surface area contributed by atoms with Crippen LogP contribution in [-0.2, 0) is 11.3 Å². The van der Waals surface area contributed by atoms with E-state index in [2.05, 4.69) is 53.6 Å². The first kappa shape index (κ1) is 22.9. The minimum Gasteiger partial charge on any atom is -0.467 e. The van der Waals surface area contributed by atoms with Crippen LogP contribution in [0.2, 0.25) is 0 Å². The van der Waals surface area contributed by atoms with E-state index in [9.17, 15) is 9.59 Å². The molecule has 1 aliphatic rings. The van der Waals surface area contributed by atoms with Crippen LogP contribution in [0.15, 0.2) is 95.6 Å². The highest BCUT2D eigenvalue weighted by molar-refractivity contribution is 6.02. The van der Waals surface area contributed by atoms with Gasteiger partial charge in [-0.3, -0.25) is 9.59 Å². The minimum absolute atomic E-state index is 0.0560. The van der Waals surface area contributed by atoms with E-state index in [0.29, 0.717) is 24.4 Å². The summed E-state index contributed by atoms with van der Waals surface area (Å²) in [4.78, 5) is 31.8. The maximum absolute atomic E-state index is 13.7. The number of hydrogen-bond acceptors (Lipinski definition) is 3. The maximum Gasteiger partial charge on any atom is 0.255 e. The van der Waals surface area contributed by atoms with Crippen LogP contribution in [-0.4, -0.2) is 28.2 Å². The fraction of sp³-hybridized carbons (Fsp3) is 0.161. The van der Waals surface area contributed by atoms with Crippen molar-refractivity contribution in [2.45, 2.75) is 25.9 Å². The molecule has 2 aromatic heterocycles. The summed E-state index contributed by atoms with van der Waals surface area (Å²) >= 11 is 0. The van der Waals surface area contributed by atoms with Crippen molar-refractivity contribution in [1.82, 2.24) is 15.2 Å². The van der Waals surface area contributed by atoms with Crippen molar-refractivity contribution in [1.29, 1.82) is 0 Å². The van der Waals surface area contributed by atoms with Crippen LogP contribution in [0.4, 0.5) is 0 Å². The third-order valence-corrected chi connectivity index (χ3v) is 7.04. The molecule has 5 aromatic rings. The minimum atomic E-state index is -0.311. The zero-order chi connectivity index (χ0) is 25.4. The number of benzene rings is 3. The number of furan rings is 1. The lowest BCUT2D eigenvalue weighted by Crippen LogP contribution is -2.33. The van der Waals surface area contributed by atoms with Gasteiger partial charge in [-0.25, -0.2) is 0 Å². The summed E-state index contributed by atoms with van der Waals surface area (Å²) in [6.07, 6.45) is 1.78. The summed E-state index contributed by atoms with van der Waals surface area (Å²) in [5, 5.41) is 3.96. The van der Waals surface area contributed by atoms with Crippen LogP contribution in [0.3, 0.4) is 0 Å². The standard InChI is InChI=1S/C31H27N3O3/c1-20-12-14-21(15-13-20)29-28(25-10-4-5-11-26(25)33-29)30-23-8-2-3-9-24(23)31(36)34(30)17-16-27(35)32-19-22-7-6-18-37-22/h2-15,18,30,33H,16-17,19H2,1H3,(H,32,35). The van der Waals surface area contributed by atoms with Crippen molar-refractivity contribution < 1.29 is 14.0 Å². The van der Waals surface area contributed by atoms with Crippen molar-refractivity contribution in [3.8, 4) is 11.3 Å². The fourth-order valence-electron chi connectivity index (χ4n) is 5.22. The molecule has 2 amide bonds. The predicted molar refractivity (Wildman–Crippen MR) is 143 cm³/mol. The van der Waals surface area contributed by atoms with Gasteiger partial charge in [0.15, 0.2) is 0 Å². The number of hydrogen-bond donors (Lipinski definition) is 2. The Hall–Kier alpha value is -4.58. The summed E-state index contributed by atoms with van der Waals surface area (Å²) in [6, 6.07) is 27.7. The van der Waals surface area contributed by atoms with Crippen LogP contribution in [0.1, 0.15) is 45.3 Å². The van der Waals surface area contributed by atoms with E-state index in [4.69, 9.17) is 4.42 Å². The van der Waals surface area contributed by atoms with Crippen LogP contribution in [0.5, 0.6) is 0 Å². The van der Waals surface area contributed by atoms with Crippen molar-refractivity contribution >= 4 is 22.7 Å². The number of H-pyrrole nitrogens is 1. The number of aryl methyl sites for hydroxylation is 1. The number of carbonyl (C=O) groups is 2. The van der Waals surface area contributed by atoms with E-state index in [0.717, 1.165) is 33.3 Å². The van der Waals surface area contributed by atoms with Crippen LogP contribution in [0.25, 0.3) is 22.2 Å². The van der Waals surface area contributed by atoms with E-state index < -0.39 is 0 Å².